The second-order valence-electron chi connectivity index (χ2n) is 6.51. The van der Waals surface area contributed by atoms with Gasteiger partial charge in [0, 0.05) is 15.3 Å². The summed E-state index contributed by atoms with van der Waals surface area (Å²) >= 11 is 1.96. The molecule has 0 fully saturated rings. The summed E-state index contributed by atoms with van der Waals surface area (Å²) in [6, 6.07) is 19.9. The van der Waals surface area contributed by atoms with E-state index in [1.165, 1.54) is 55.3 Å². The van der Waals surface area contributed by atoms with E-state index in [2.05, 4.69) is 73.7 Å². The first-order chi connectivity index (χ1) is 11.8. The van der Waals surface area contributed by atoms with Gasteiger partial charge in [-0.1, -0.05) is 60.7 Å². The third-order valence-corrected chi connectivity index (χ3v) is 6.27. The third-order valence-electron chi connectivity index (χ3n) is 5.09. The van der Waals surface area contributed by atoms with Crippen LogP contribution in [0.5, 0.6) is 0 Å². The highest BCUT2D eigenvalue weighted by atomic mass is 32.1. The first kappa shape index (κ1) is 14.0. The Bertz CT molecular complexity index is 1060. The highest BCUT2D eigenvalue weighted by Gasteiger charge is 2.20. The minimum Gasteiger partial charge on any atom is -0.140 e. The monoisotopic (exact) mass is 326 g/mol. The van der Waals surface area contributed by atoms with Gasteiger partial charge >= 0.3 is 0 Å². The number of rotatable bonds is 1. The molecule has 4 aromatic rings. The highest BCUT2D eigenvalue weighted by Crippen LogP contribution is 2.45. The van der Waals surface area contributed by atoms with Crippen molar-refractivity contribution in [3.05, 3.63) is 76.7 Å². The van der Waals surface area contributed by atoms with Gasteiger partial charge in [0.05, 0.1) is 0 Å². The van der Waals surface area contributed by atoms with Gasteiger partial charge in [0.1, 0.15) is 0 Å². The number of allylic oxidation sites excluding steroid dienone is 1. The predicted molar refractivity (Wildman–Crippen MR) is 107 cm³/mol. The van der Waals surface area contributed by atoms with Crippen LogP contribution in [-0.4, -0.2) is 0 Å². The molecule has 5 rings (SSSR count). The minimum atomic E-state index is 1.17. The molecule has 0 amide bonds. The van der Waals surface area contributed by atoms with Crippen molar-refractivity contribution in [3.8, 4) is 10.4 Å². The third kappa shape index (κ3) is 1.98. The molecule has 0 radical (unpaired) electrons. The summed E-state index contributed by atoms with van der Waals surface area (Å²) in [4.78, 5) is 2.91. The molecule has 0 aliphatic heterocycles. The van der Waals surface area contributed by atoms with Crippen LogP contribution in [0.2, 0.25) is 0 Å². The van der Waals surface area contributed by atoms with Crippen molar-refractivity contribution >= 4 is 39.0 Å². The summed E-state index contributed by atoms with van der Waals surface area (Å²) in [5.41, 5.74) is 4.41. The normalized spacial score (nSPS) is 13.5. The highest BCUT2D eigenvalue weighted by molar-refractivity contribution is 7.16. The summed E-state index contributed by atoms with van der Waals surface area (Å²) in [6.45, 7) is 2.28. The van der Waals surface area contributed by atoms with E-state index < -0.39 is 0 Å². The maximum absolute atomic E-state index is 2.34. The van der Waals surface area contributed by atoms with E-state index in [1.54, 1.807) is 5.56 Å². The lowest BCUT2D eigenvalue weighted by atomic mass is 9.91. The van der Waals surface area contributed by atoms with Gasteiger partial charge in [-0.25, -0.2) is 0 Å². The lowest BCUT2D eigenvalue weighted by Crippen LogP contribution is -1.93. The summed E-state index contributed by atoms with van der Waals surface area (Å²) in [6.07, 6.45) is 7.01. The topological polar surface area (TPSA) is 0 Å². The molecule has 24 heavy (non-hydrogen) atoms. The van der Waals surface area contributed by atoms with E-state index >= 15 is 0 Å². The lowest BCUT2D eigenvalue weighted by molar-refractivity contribution is 0.984. The smallest absolute Gasteiger partial charge is 0.0433 e. The molecule has 0 bridgehead atoms. The van der Waals surface area contributed by atoms with E-state index in [-0.39, 0.29) is 0 Å². The molecule has 1 heterocycles. The van der Waals surface area contributed by atoms with Crippen molar-refractivity contribution in [2.75, 3.05) is 0 Å². The van der Waals surface area contributed by atoms with Crippen molar-refractivity contribution in [2.24, 2.45) is 0 Å². The van der Waals surface area contributed by atoms with Gasteiger partial charge in [-0.2, -0.15) is 0 Å². The van der Waals surface area contributed by atoms with Crippen molar-refractivity contribution in [2.45, 2.75) is 19.8 Å². The molecular formula is C23H18S. The number of fused-ring (bicyclic) bond motifs is 3. The van der Waals surface area contributed by atoms with E-state index in [0.29, 0.717) is 0 Å². The Hall–Kier alpha value is -2.38. The molecule has 1 aliphatic rings. The molecule has 0 saturated carbocycles. The number of hydrogen-bond acceptors (Lipinski definition) is 1. The summed E-state index contributed by atoms with van der Waals surface area (Å²) in [5, 5.41) is 5.37. The van der Waals surface area contributed by atoms with Crippen LogP contribution in [0.4, 0.5) is 0 Å². The van der Waals surface area contributed by atoms with Crippen LogP contribution >= 0.6 is 11.3 Å². The molecule has 0 unspecified atom stereocenters. The van der Waals surface area contributed by atoms with E-state index in [1.807, 2.05) is 11.3 Å². The minimum absolute atomic E-state index is 1.17. The van der Waals surface area contributed by atoms with Crippen LogP contribution < -0.4 is 0 Å². The largest absolute Gasteiger partial charge is 0.140 e. The molecule has 0 N–H and O–H groups in total. The zero-order valence-electron chi connectivity index (χ0n) is 13.7. The second kappa shape index (κ2) is 5.32. The maximum Gasteiger partial charge on any atom is 0.0433 e. The summed E-state index contributed by atoms with van der Waals surface area (Å²) in [5.74, 6) is 0. The maximum atomic E-state index is 2.34. The van der Waals surface area contributed by atoms with Crippen LogP contribution in [0.15, 0.2) is 60.7 Å². The Morgan fingerprint density at radius 3 is 2.25 bits per heavy atom. The lowest BCUT2D eigenvalue weighted by Gasteiger charge is -2.13. The Labute approximate surface area is 146 Å². The van der Waals surface area contributed by atoms with Gasteiger partial charge in [0.25, 0.3) is 0 Å². The fraction of sp³-hybridized carbons (Fsp3) is 0.130. The number of aryl methyl sites for hydroxylation is 1. The molecule has 1 aromatic heterocycles. The molecule has 1 heteroatoms. The fourth-order valence-electron chi connectivity index (χ4n) is 3.96. The molecular weight excluding hydrogens is 308 g/mol. The average Bonchev–Trinajstić information content (AvgIpc) is 2.96. The molecule has 0 nitrogen and oxygen atoms in total. The van der Waals surface area contributed by atoms with Gasteiger partial charge in [-0.15, -0.1) is 11.3 Å². The average molecular weight is 326 g/mol. The number of hydrogen-bond donors (Lipinski definition) is 0. The number of thiophene rings is 1. The van der Waals surface area contributed by atoms with Crippen LogP contribution in [-0.2, 0) is 6.42 Å². The van der Waals surface area contributed by atoms with Gasteiger partial charge in [0.2, 0.25) is 0 Å². The van der Waals surface area contributed by atoms with Gasteiger partial charge < -0.3 is 0 Å². The Balaban J connectivity index is 1.97. The van der Waals surface area contributed by atoms with E-state index in [4.69, 9.17) is 0 Å². The van der Waals surface area contributed by atoms with Crippen molar-refractivity contribution < 1.29 is 0 Å². The van der Waals surface area contributed by atoms with Crippen LogP contribution in [0.1, 0.15) is 22.4 Å². The molecule has 0 saturated heterocycles. The van der Waals surface area contributed by atoms with Gasteiger partial charge in [0.15, 0.2) is 0 Å². The Morgan fingerprint density at radius 1 is 0.875 bits per heavy atom. The SMILES string of the molecule is Cc1sc(-c2c3ccccc3cc3ccccc23)c2c1CCC=C2. The first-order valence-electron chi connectivity index (χ1n) is 8.52. The van der Waals surface area contributed by atoms with Crippen LogP contribution in [0.3, 0.4) is 0 Å². The standard InChI is InChI=1S/C23H18S/c1-15-18-10-6-7-13-21(18)23(24-15)22-19-11-4-2-8-16(19)14-17-9-3-5-12-20(17)22/h2-5,7-9,11-14H,6,10H2,1H3. The predicted octanol–water partition coefficient (Wildman–Crippen LogP) is 6.99. The van der Waals surface area contributed by atoms with Gasteiger partial charge in [-0.3, -0.25) is 0 Å². The molecule has 3 aromatic carbocycles. The Morgan fingerprint density at radius 2 is 1.54 bits per heavy atom. The van der Waals surface area contributed by atoms with Gasteiger partial charge in [-0.05, 0) is 58.5 Å². The summed E-state index contributed by atoms with van der Waals surface area (Å²) < 4.78 is 0. The van der Waals surface area contributed by atoms with Crippen molar-refractivity contribution in [1.82, 2.24) is 0 Å². The van der Waals surface area contributed by atoms with Crippen LogP contribution in [0, 0.1) is 6.92 Å². The zero-order chi connectivity index (χ0) is 16.1. The number of benzene rings is 3. The second-order valence-corrected chi connectivity index (χ2v) is 7.74. The first-order valence-corrected chi connectivity index (χ1v) is 9.34. The van der Waals surface area contributed by atoms with Crippen LogP contribution in [0.25, 0.3) is 38.1 Å². The molecule has 0 spiro atoms. The fourth-order valence-corrected chi connectivity index (χ4v) is 5.22. The van der Waals surface area contributed by atoms with Crippen molar-refractivity contribution in [1.29, 1.82) is 0 Å². The van der Waals surface area contributed by atoms with E-state index in [0.717, 1.165) is 0 Å². The Kier molecular flexibility index (Phi) is 3.11. The molecule has 116 valence electrons. The molecule has 0 atom stereocenters. The summed E-state index contributed by atoms with van der Waals surface area (Å²) in [7, 11) is 0. The zero-order valence-corrected chi connectivity index (χ0v) is 14.5. The quantitative estimate of drug-likeness (QED) is 0.331. The molecule has 1 aliphatic carbocycles. The van der Waals surface area contributed by atoms with E-state index in [9.17, 15) is 0 Å². The van der Waals surface area contributed by atoms with Crippen molar-refractivity contribution in [3.63, 3.8) is 0 Å².